The first-order chi connectivity index (χ1) is 8.96. The first kappa shape index (κ1) is 13.1. The lowest BCUT2D eigenvalue weighted by atomic mass is 9.78. The van der Waals surface area contributed by atoms with Gasteiger partial charge in [0.05, 0.1) is 29.8 Å². The Balaban J connectivity index is 1.92. The van der Waals surface area contributed by atoms with Gasteiger partial charge in [0.1, 0.15) is 0 Å². The number of hydrogen-bond acceptors (Lipinski definition) is 5. The van der Waals surface area contributed by atoms with E-state index in [2.05, 4.69) is 25.7 Å². The lowest BCUT2D eigenvalue weighted by molar-refractivity contribution is 0.0915. The molecule has 0 saturated carbocycles. The fourth-order valence-corrected chi connectivity index (χ4v) is 3.99. The van der Waals surface area contributed by atoms with Gasteiger partial charge in [-0.25, -0.2) is 4.98 Å². The summed E-state index contributed by atoms with van der Waals surface area (Å²) in [5.41, 5.74) is 1.05. The van der Waals surface area contributed by atoms with Crippen molar-refractivity contribution in [3.05, 3.63) is 10.6 Å². The molecule has 1 fully saturated rings. The standard InChI is InChI=1S/C14H20N2O2S/c1-9-8-18-5-4-16(9)13-15-10-6-14(2,3)7-11(17)12(10)19-13/h9H,4-8H2,1-3H3. The summed E-state index contributed by atoms with van der Waals surface area (Å²) in [6.45, 7) is 8.78. The average Bonchev–Trinajstić information content (AvgIpc) is 2.71. The summed E-state index contributed by atoms with van der Waals surface area (Å²) >= 11 is 1.56. The normalized spacial score (nSPS) is 26.4. The van der Waals surface area contributed by atoms with Crippen molar-refractivity contribution in [3.8, 4) is 0 Å². The lowest BCUT2D eigenvalue weighted by Crippen LogP contribution is -2.43. The Labute approximate surface area is 117 Å². The first-order valence-electron chi connectivity index (χ1n) is 6.83. The van der Waals surface area contributed by atoms with Gasteiger partial charge in [-0.2, -0.15) is 0 Å². The van der Waals surface area contributed by atoms with Crippen LogP contribution in [0.1, 0.15) is 42.6 Å². The third-order valence-corrected chi connectivity index (χ3v) is 5.01. The highest BCUT2D eigenvalue weighted by Gasteiger charge is 2.35. The van der Waals surface area contributed by atoms with E-state index in [0.29, 0.717) is 12.5 Å². The van der Waals surface area contributed by atoms with Gasteiger partial charge in [-0.15, -0.1) is 0 Å². The molecule has 0 aromatic carbocycles. The van der Waals surface area contributed by atoms with Crippen LogP contribution in [0.15, 0.2) is 0 Å². The fourth-order valence-electron chi connectivity index (χ4n) is 2.84. The van der Waals surface area contributed by atoms with Crippen LogP contribution in [0.5, 0.6) is 0 Å². The fraction of sp³-hybridized carbons (Fsp3) is 0.714. The minimum absolute atomic E-state index is 0.0477. The molecular weight excluding hydrogens is 260 g/mol. The molecule has 0 bridgehead atoms. The third kappa shape index (κ3) is 2.41. The molecule has 19 heavy (non-hydrogen) atoms. The summed E-state index contributed by atoms with van der Waals surface area (Å²) in [4.78, 5) is 20.1. The van der Waals surface area contributed by atoms with E-state index in [9.17, 15) is 4.79 Å². The van der Waals surface area contributed by atoms with E-state index in [0.717, 1.165) is 41.9 Å². The van der Waals surface area contributed by atoms with E-state index in [1.54, 1.807) is 11.3 Å². The van der Waals surface area contributed by atoms with Crippen LogP contribution < -0.4 is 4.90 Å². The van der Waals surface area contributed by atoms with Gasteiger partial charge < -0.3 is 9.64 Å². The number of ether oxygens (including phenoxy) is 1. The quantitative estimate of drug-likeness (QED) is 0.793. The molecule has 1 aromatic heterocycles. The van der Waals surface area contributed by atoms with Crippen LogP contribution in [0.4, 0.5) is 5.13 Å². The highest BCUT2D eigenvalue weighted by atomic mass is 32.1. The van der Waals surface area contributed by atoms with Gasteiger partial charge in [0.2, 0.25) is 0 Å². The molecule has 1 atom stereocenters. The number of carbonyl (C=O) groups excluding carboxylic acids is 1. The van der Waals surface area contributed by atoms with Crippen LogP contribution in [0.3, 0.4) is 0 Å². The van der Waals surface area contributed by atoms with Gasteiger partial charge in [-0.1, -0.05) is 25.2 Å². The number of aromatic nitrogens is 1. The molecule has 1 aromatic rings. The highest BCUT2D eigenvalue weighted by Crippen LogP contribution is 2.39. The molecule has 1 unspecified atom stereocenters. The number of ketones is 1. The van der Waals surface area contributed by atoms with Crippen molar-refractivity contribution in [3.63, 3.8) is 0 Å². The largest absolute Gasteiger partial charge is 0.377 e. The number of nitrogens with zero attached hydrogens (tertiary/aromatic N) is 2. The summed E-state index contributed by atoms with van der Waals surface area (Å²) in [7, 11) is 0. The topological polar surface area (TPSA) is 42.4 Å². The molecule has 2 heterocycles. The molecule has 0 radical (unpaired) electrons. The number of morpholine rings is 1. The smallest absolute Gasteiger partial charge is 0.186 e. The zero-order chi connectivity index (χ0) is 13.6. The van der Waals surface area contributed by atoms with Crippen LogP contribution in [0.2, 0.25) is 0 Å². The van der Waals surface area contributed by atoms with Crippen molar-refractivity contribution >= 4 is 22.3 Å². The minimum Gasteiger partial charge on any atom is -0.377 e. The number of thiazole rings is 1. The van der Waals surface area contributed by atoms with E-state index in [4.69, 9.17) is 9.72 Å². The summed E-state index contributed by atoms with van der Waals surface area (Å²) in [5.74, 6) is 0.260. The van der Waals surface area contributed by atoms with Gasteiger partial charge >= 0.3 is 0 Å². The Morgan fingerprint density at radius 2 is 2.21 bits per heavy atom. The van der Waals surface area contributed by atoms with Crippen LogP contribution in [-0.4, -0.2) is 36.6 Å². The maximum atomic E-state index is 12.2. The Bertz CT molecular complexity index is 510. The van der Waals surface area contributed by atoms with Crippen molar-refractivity contribution in [1.82, 2.24) is 4.98 Å². The van der Waals surface area contributed by atoms with Gasteiger partial charge in [-0.3, -0.25) is 4.79 Å². The Morgan fingerprint density at radius 3 is 2.95 bits per heavy atom. The zero-order valence-corrected chi connectivity index (χ0v) is 12.5. The van der Waals surface area contributed by atoms with E-state index >= 15 is 0 Å². The van der Waals surface area contributed by atoms with Crippen molar-refractivity contribution in [1.29, 1.82) is 0 Å². The maximum absolute atomic E-state index is 12.2. The van der Waals surface area contributed by atoms with E-state index in [1.807, 2.05) is 0 Å². The SMILES string of the molecule is CC1COCCN1c1nc2c(s1)C(=O)CC(C)(C)C2. The number of rotatable bonds is 1. The molecule has 0 N–H and O–H groups in total. The Morgan fingerprint density at radius 1 is 1.42 bits per heavy atom. The molecule has 1 aliphatic carbocycles. The second-order valence-electron chi connectivity index (χ2n) is 6.33. The predicted molar refractivity (Wildman–Crippen MR) is 76.2 cm³/mol. The first-order valence-corrected chi connectivity index (χ1v) is 7.65. The van der Waals surface area contributed by atoms with E-state index in [-0.39, 0.29) is 11.2 Å². The van der Waals surface area contributed by atoms with Crippen molar-refractivity contribution in [2.75, 3.05) is 24.7 Å². The number of Topliss-reactive ketones (excluding diaryl/α,β-unsaturated/α-hetero) is 1. The molecule has 2 aliphatic rings. The number of hydrogen-bond donors (Lipinski definition) is 0. The molecule has 1 saturated heterocycles. The molecule has 3 rings (SSSR count). The molecule has 4 nitrogen and oxygen atoms in total. The second-order valence-corrected chi connectivity index (χ2v) is 7.31. The van der Waals surface area contributed by atoms with Crippen LogP contribution in [0, 0.1) is 5.41 Å². The number of anilines is 1. The summed E-state index contributed by atoms with van der Waals surface area (Å²) in [6.07, 6.45) is 1.55. The number of carbonyl (C=O) groups is 1. The molecule has 1 aliphatic heterocycles. The number of fused-ring (bicyclic) bond motifs is 1. The van der Waals surface area contributed by atoms with E-state index < -0.39 is 0 Å². The predicted octanol–water partition coefficient (Wildman–Crippen LogP) is 2.52. The Kier molecular flexibility index (Phi) is 3.14. The van der Waals surface area contributed by atoms with E-state index in [1.165, 1.54) is 0 Å². The second kappa shape index (κ2) is 4.56. The molecular formula is C14H20N2O2S. The van der Waals surface area contributed by atoms with Gasteiger partial charge in [-0.05, 0) is 18.8 Å². The van der Waals surface area contributed by atoms with Gasteiger partial charge in [0, 0.05) is 13.0 Å². The van der Waals surface area contributed by atoms with Gasteiger partial charge in [0.25, 0.3) is 0 Å². The average molecular weight is 280 g/mol. The van der Waals surface area contributed by atoms with Crippen LogP contribution in [-0.2, 0) is 11.2 Å². The minimum atomic E-state index is 0.0477. The maximum Gasteiger partial charge on any atom is 0.186 e. The van der Waals surface area contributed by atoms with Gasteiger partial charge in [0.15, 0.2) is 10.9 Å². The molecule has 5 heteroatoms. The van der Waals surface area contributed by atoms with Crippen molar-refractivity contribution in [2.45, 2.75) is 39.7 Å². The molecule has 0 amide bonds. The monoisotopic (exact) mass is 280 g/mol. The van der Waals surface area contributed by atoms with Crippen molar-refractivity contribution in [2.24, 2.45) is 5.41 Å². The lowest BCUT2D eigenvalue weighted by Gasteiger charge is -2.32. The summed E-state index contributed by atoms with van der Waals surface area (Å²) in [6, 6.07) is 0.337. The highest BCUT2D eigenvalue weighted by molar-refractivity contribution is 7.17. The zero-order valence-electron chi connectivity index (χ0n) is 11.7. The summed E-state index contributed by atoms with van der Waals surface area (Å²) < 4.78 is 5.46. The molecule has 0 spiro atoms. The molecule has 104 valence electrons. The van der Waals surface area contributed by atoms with Crippen LogP contribution >= 0.6 is 11.3 Å². The Hall–Kier alpha value is -0.940. The third-order valence-electron chi connectivity index (χ3n) is 3.84. The van der Waals surface area contributed by atoms with Crippen LogP contribution in [0.25, 0.3) is 0 Å². The summed E-state index contributed by atoms with van der Waals surface area (Å²) in [5, 5.41) is 0.992. The van der Waals surface area contributed by atoms with Crippen molar-refractivity contribution < 1.29 is 9.53 Å².